The Balaban J connectivity index is -0.000000120. The van der Waals surface area contributed by atoms with Gasteiger partial charge in [-0.1, -0.05) is 0 Å². The van der Waals surface area contributed by atoms with Crippen LogP contribution in [0.2, 0.25) is 0 Å². The van der Waals surface area contributed by atoms with Crippen LogP contribution in [0.1, 0.15) is 2.85 Å². The summed E-state index contributed by atoms with van der Waals surface area (Å²) >= 11 is 0. The number of carboxylic acids is 1. The van der Waals surface area contributed by atoms with Crippen LogP contribution in [-0.4, -0.2) is 35.2 Å². The number of hydrogen-bond acceptors (Lipinski definition) is 3. The molecule has 0 radical (unpaired) electrons. The molecular formula is C3H4F4Li2O5S. The molecule has 0 heterocycles. The first-order valence-corrected chi connectivity index (χ1v) is 3.84. The predicted molar refractivity (Wildman–Crippen MR) is 31.3 cm³/mol. The fourth-order valence-corrected chi connectivity index (χ4v) is 0.891. The van der Waals surface area contributed by atoms with E-state index in [2.05, 4.69) is 0 Å². The number of rotatable bonds is 2. The molecule has 0 spiro atoms. The maximum Gasteiger partial charge on any atom is 1.00 e. The van der Waals surface area contributed by atoms with Crippen molar-refractivity contribution in [1.82, 2.24) is 0 Å². The summed E-state index contributed by atoms with van der Waals surface area (Å²) in [4.78, 5) is 9.68. The largest absolute Gasteiger partial charge is 1.00 e. The van der Waals surface area contributed by atoms with E-state index in [-0.39, 0.29) is 40.6 Å². The van der Waals surface area contributed by atoms with E-state index in [9.17, 15) is 30.8 Å². The molecule has 0 aromatic heterocycles. The molecule has 0 amide bonds. The van der Waals surface area contributed by atoms with Gasteiger partial charge < -0.3 is 7.96 Å². The third kappa shape index (κ3) is 3.66. The van der Waals surface area contributed by atoms with Crippen LogP contribution in [0.4, 0.5) is 17.6 Å². The Morgan fingerprint density at radius 1 is 1.13 bits per heavy atom. The van der Waals surface area contributed by atoms with Crippen LogP contribution in [0, 0.1) is 0 Å². The molecule has 0 aromatic carbocycles. The Kier molecular flexibility index (Phi) is 7.68. The second-order valence-electron chi connectivity index (χ2n) is 1.87. The summed E-state index contributed by atoms with van der Waals surface area (Å²) in [5.41, 5.74) is 0. The van der Waals surface area contributed by atoms with Gasteiger partial charge in [-0.15, -0.1) is 0 Å². The molecule has 12 heteroatoms. The molecule has 0 saturated carbocycles. The number of hydrogen-bond donors (Lipinski definition) is 2. The predicted octanol–water partition coefficient (Wildman–Crippen LogP) is -5.58. The Labute approximate surface area is 108 Å². The zero-order chi connectivity index (χ0) is 11.1. The normalized spacial score (nSPS) is 15.5. The Morgan fingerprint density at radius 3 is 1.40 bits per heavy atom. The second kappa shape index (κ2) is 5.57. The summed E-state index contributed by atoms with van der Waals surface area (Å²) in [6.45, 7) is 0. The summed E-state index contributed by atoms with van der Waals surface area (Å²) < 4.78 is 74.4. The number of alkyl halides is 4. The van der Waals surface area contributed by atoms with Crippen molar-refractivity contribution in [3.63, 3.8) is 0 Å². The molecule has 5 nitrogen and oxygen atoms in total. The van der Waals surface area contributed by atoms with Crippen LogP contribution in [-0.2, 0) is 14.9 Å². The van der Waals surface area contributed by atoms with Crippen molar-refractivity contribution in [3.05, 3.63) is 0 Å². The topological polar surface area (TPSA) is 91.7 Å². The van der Waals surface area contributed by atoms with Crippen LogP contribution in [0.25, 0.3) is 0 Å². The zero-order valence-corrected chi connectivity index (χ0v) is 8.36. The van der Waals surface area contributed by atoms with Crippen molar-refractivity contribution >= 4 is 16.1 Å². The second-order valence-corrected chi connectivity index (χ2v) is 3.39. The van der Waals surface area contributed by atoms with Crippen molar-refractivity contribution in [1.29, 1.82) is 0 Å². The van der Waals surface area contributed by atoms with Crippen molar-refractivity contribution in [2.24, 2.45) is 0 Å². The van der Waals surface area contributed by atoms with Crippen molar-refractivity contribution in [2.75, 3.05) is 0 Å². The van der Waals surface area contributed by atoms with E-state index in [1.54, 1.807) is 0 Å². The van der Waals surface area contributed by atoms with Crippen LogP contribution >= 0.6 is 0 Å². The number of halogens is 4. The molecule has 0 bridgehead atoms. The van der Waals surface area contributed by atoms with Gasteiger partial charge in [0.25, 0.3) is 0 Å². The van der Waals surface area contributed by atoms with E-state index in [0.717, 1.165) is 0 Å². The molecule has 2 N–H and O–H groups in total. The maximum atomic E-state index is 12.4. The minimum atomic E-state index is -6.41. The third-order valence-electron chi connectivity index (χ3n) is 0.995. The first kappa shape index (κ1) is 20.7. The molecule has 0 aromatic rings. The molecular weight excluding hydrogens is 238 g/mol. The van der Waals surface area contributed by atoms with Gasteiger partial charge in [0, 0.05) is 0 Å². The minimum absolute atomic E-state index is 0. The zero-order valence-electron chi connectivity index (χ0n) is 9.54. The summed E-state index contributed by atoms with van der Waals surface area (Å²) in [6.07, 6.45) is -6.24. The standard InChI is InChI=1S/C3H2F4O5S.2Li.2H/c4-2(1(8)9,3(5,6)7)13(10,11)12;;;;/h(H,8,9)(H,10,11,12);;;;/q;2*+1;2*-1. The van der Waals surface area contributed by atoms with Crippen LogP contribution in [0.3, 0.4) is 0 Å². The van der Waals surface area contributed by atoms with Crippen molar-refractivity contribution < 1.29 is 81.0 Å². The smallest absolute Gasteiger partial charge is 1.00 e. The van der Waals surface area contributed by atoms with Crippen LogP contribution < -0.4 is 37.7 Å². The molecule has 0 aliphatic heterocycles. The minimum Gasteiger partial charge on any atom is -1.00 e. The van der Waals surface area contributed by atoms with E-state index < -0.39 is 27.3 Å². The van der Waals surface area contributed by atoms with Gasteiger partial charge in [0.1, 0.15) is 0 Å². The van der Waals surface area contributed by atoms with Gasteiger partial charge >= 0.3 is 65.0 Å². The molecule has 0 aliphatic carbocycles. The molecule has 1 atom stereocenters. The molecule has 0 fully saturated rings. The average molecular weight is 242 g/mol. The molecule has 0 saturated heterocycles. The number of aliphatic carboxylic acids is 1. The van der Waals surface area contributed by atoms with Gasteiger partial charge in [0.2, 0.25) is 0 Å². The summed E-state index contributed by atoms with van der Waals surface area (Å²) in [7, 11) is -6.41. The van der Waals surface area contributed by atoms with Gasteiger partial charge in [0.15, 0.2) is 0 Å². The molecule has 82 valence electrons. The quantitative estimate of drug-likeness (QED) is 0.286. The SMILES string of the molecule is O=C(O)C(F)(C(F)(F)F)S(=O)(=O)O.[H-].[H-].[Li+].[Li+]. The first-order chi connectivity index (χ1) is 5.44. The Morgan fingerprint density at radius 2 is 1.40 bits per heavy atom. The average Bonchev–Trinajstić information content (AvgIpc) is 1.80. The summed E-state index contributed by atoms with van der Waals surface area (Å²) in [6, 6.07) is 0. The van der Waals surface area contributed by atoms with Gasteiger partial charge in [0.05, 0.1) is 0 Å². The van der Waals surface area contributed by atoms with E-state index in [4.69, 9.17) is 9.66 Å². The van der Waals surface area contributed by atoms with Gasteiger partial charge in [-0.05, 0) is 0 Å². The Hall–Kier alpha value is 0.295. The molecule has 15 heavy (non-hydrogen) atoms. The first-order valence-electron chi connectivity index (χ1n) is 2.40. The van der Waals surface area contributed by atoms with Gasteiger partial charge in [-0.3, -0.25) is 4.55 Å². The summed E-state index contributed by atoms with van der Waals surface area (Å²) in [5, 5.41) is 1.99. The van der Waals surface area contributed by atoms with E-state index >= 15 is 0 Å². The molecule has 0 aliphatic rings. The van der Waals surface area contributed by atoms with Crippen molar-refractivity contribution in [3.8, 4) is 0 Å². The fourth-order valence-electron chi connectivity index (χ4n) is 0.378. The van der Waals surface area contributed by atoms with Crippen LogP contribution in [0.15, 0.2) is 0 Å². The monoisotopic (exact) mass is 242 g/mol. The van der Waals surface area contributed by atoms with Crippen LogP contribution in [0.5, 0.6) is 0 Å². The number of carbonyl (C=O) groups is 1. The number of carboxylic acid groups (broad SMARTS) is 1. The van der Waals surface area contributed by atoms with Gasteiger partial charge in [-0.25, -0.2) is 9.18 Å². The Bertz CT molecular complexity index is 335. The molecule has 1 unspecified atom stereocenters. The molecule has 0 rings (SSSR count). The van der Waals surface area contributed by atoms with E-state index in [0.29, 0.717) is 0 Å². The maximum absolute atomic E-state index is 12.4. The van der Waals surface area contributed by atoms with Crippen molar-refractivity contribution in [2.45, 2.75) is 11.2 Å². The third-order valence-corrected chi connectivity index (χ3v) is 2.11. The summed E-state index contributed by atoms with van der Waals surface area (Å²) in [5.74, 6) is -3.34. The fraction of sp³-hybridized carbons (Fsp3) is 0.667. The van der Waals surface area contributed by atoms with E-state index in [1.807, 2.05) is 0 Å². The van der Waals surface area contributed by atoms with E-state index in [1.165, 1.54) is 0 Å². The van der Waals surface area contributed by atoms with Gasteiger partial charge in [-0.2, -0.15) is 21.6 Å².